The molecule has 0 fully saturated rings. The number of pyridine rings is 1. The number of hydrogen-bond acceptors (Lipinski definition) is 8. The molecule has 0 saturated carbocycles. The fourth-order valence-corrected chi connectivity index (χ4v) is 7.71. The van der Waals surface area contributed by atoms with E-state index >= 15 is 0 Å². The Balaban J connectivity index is 0.00000253. The van der Waals surface area contributed by atoms with Crippen molar-refractivity contribution < 1.29 is 28.8 Å². The van der Waals surface area contributed by atoms with Gasteiger partial charge in [0.15, 0.2) is 17.3 Å². The molecule has 0 amide bonds. The first kappa shape index (κ1) is 38.7. The van der Waals surface area contributed by atoms with Crippen LogP contribution in [0.1, 0.15) is 76.4 Å². The molecule has 1 aromatic heterocycles. The molecule has 0 bridgehead atoms. The highest BCUT2D eigenvalue weighted by Crippen LogP contribution is 2.52. The first-order valence-corrected chi connectivity index (χ1v) is 18.6. The number of hydrogen-bond donors (Lipinski definition) is 2. The molecule has 0 unspecified atom stereocenters. The molecule has 0 radical (unpaired) electrons. The maximum Gasteiger partial charge on any atom is 0.196 e. The maximum absolute atomic E-state index is 14.6. The average Bonchev–Trinajstić information content (AvgIpc) is 3.17. The zero-order valence-electron chi connectivity index (χ0n) is 33.4. The van der Waals surface area contributed by atoms with Gasteiger partial charge in [-0.3, -0.25) is 9.78 Å². The molecule has 2 N–H and O–H groups in total. The van der Waals surface area contributed by atoms with Crippen LogP contribution >= 0.6 is 0 Å². The lowest BCUT2D eigenvalue weighted by Gasteiger charge is -2.33. The number of carbonyl (C=O) groups excluding carboxylic acids is 1. The van der Waals surface area contributed by atoms with Crippen molar-refractivity contribution in [2.75, 3.05) is 26.6 Å². The Labute approximate surface area is 324 Å². The number of anilines is 2. The van der Waals surface area contributed by atoms with Crippen molar-refractivity contribution in [2.24, 2.45) is 5.41 Å². The molecule has 7 rings (SSSR count). The largest absolute Gasteiger partial charge is 0.507 e. The van der Waals surface area contributed by atoms with E-state index in [-0.39, 0.29) is 22.4 Å². The van der Waals surface area contributed by atoms with Gasteiger partial charge in [0.25, 0.3) is 0 Å². The Hall–Kier alpha value is -6.02. The molecule has 0 spiro atoms. The Morgan fingerprint density at radius 1 is 0.691 bits per heavy atom. The summed E-state index contributed by atoms with van der Waals surface area (Å²) in [4.78, 5) is 19.6. The van der Waals surface area contributed by atoms with Crippen LogP contribution in [0.15, 0.2) is 97.2 Å². The predicted octanol–water partition coefficient (Wildman–Crippen LogP) is 12.1. The summed E-state index contributed by atoms with van der Waals surface area (Å²) in [7, 11) is 4.68. The van der Waals surface area contributed by atoms with Crippen LogP contribution < -0.4 is 24.3 Å². The Kier molecular flexibility index (Phi) is 10.8. The first-order chi connectivity index (χ1) is 26.3. The van der Waals surface area contributed by atoms with Gasteiger partial charge in [0, 0.05) is 51.5 Å². The monoisotopic (exact) mass is 738 g/mol. The number of methoxy groups -OCH3 is 3. The Morgan fingerprint density at radius 2 is 1.31 bits per heavy atom. The van der Waals surface area contributed by atoms with Crippen molar-refractivity contribution in [3.8, 4) is 56.9 Å². The third-order valence-corrected chi connectivity index (χ3v) is 9.77. The number of ether oxygens (including phenoxy) is 4. The molecule has 6 aromatic rings. The number of aromatic nitrogens is 1. The van der Waals surface area contributed by atoms with Crippen LogP contribution in [0, 0.1) is 5.41 Å². The SMILES string of the molecule is CC.COc1ccc(Nc2cc(Oc3ccc(C(C)(C)CC(C)(C)C)cc3)c3cnc(-c4cc(OC)c(OC)cc4O)c4c3c2C(=O)c2ccccc2-4)cc1. The van der Waals surface area contributed by atoms with Crippen LogP contribution in [0.2, 0.25) is 0 Å². The van der Waals surface area contributed by atoms with Gasteiger partial charge in [-0.15, -0.1) is 0 Å². The molecule has 8 nitrogen and oxygen atoms in total. The highest BCUT2D eigenvalue weighted by molar-refractivity contribution is 6.30. The standard InChI is InChI=1S/C45H44N2O6.C2H6/c1-44(2,3)25-45(4,5)26-13-17-29(18-14-26)53-36-22-34(47-27-15-19-28(50-6)20-16-27)41-39-33(36)24-46-42(32-21-37(51-7)38(52-8)23-35(32)48)40(39)30-11-9-10-12-31(30)43(41)49;1-2/h9-24,47-48H,25H2,1-8H3;1-2H3. The van der Waals surface area contributed by atoms with Crippen molar-refractivity contribution in [3.63, 3.8) is 0 Å². The average molecular weight is 739 g/mol. The first-order valence-electron chi connectivity index (χ1n) is 18.6. The second-order valence-corrected chi connectivity index (χ2v) is 15.3. The van der Waals surface area contributed by atoms with Crippen molar-refractivity contribution >= 4 is 27.9 Å². The summed E-state index contributed by atoms with van der Waals surface area (Å²) in [6, 6.07) is 28.3. The number of aromatic hydroxyl groups is 1. The lowest BCUT2D eigenvalue weighted by atomic mass is 9.72. The highest BCUT2D eigenvalue weighted by Gasteiger charge is 2.33. The number of phenols is 1. The molecular formula is C47H50N2O6. The van der Waals surface area contributed by atoms with E-state index in [1.807, 2.05) is 80.6 Å². The molecule has 0 aliphatic heterocycles. The summed E-state index contributed by atoms with van der Waals surface area (Å²) in [5.74, 6) is 2.52. The molecule has 5 aromatic carbocycles. The molecule has 1 aliphatic rings. The van der Waals surface area contributed by atoms with Crippen LogP contribution in [-0.2, 0) is 5.41 Å². The second-order valence-electron chi connectivity index (χ2n) is 15.3. The van der Waals surface area contributed by atoms with Crippen molar-refractivity contribution in [1.82, 2.24) is 4.98 Å². The van der Waals surface area contributed by atoms with Gasteiger partial charge in [-0.05, 0) is 70.8 Å². The number of carbonyl (C=O) groups is 1. The number of nitrogens with one attached hydrogen (secondary N) is 1. The molecule has 55 heavy (non-hydrogen) atoms. The van der Waals surface area contributed by atoms with Gasteiger partial charge in [0.1, 0.15) is 23.0 Å². The molecule has 1 aliphatic carbocycles. The number of ketones is 1. The maximum atomic E-state index is 14.6. The van der Waals surface area contributed by atoms with Gasteiger partial charge < -0.3 is 29.4 Å². The topological polar surface area (TPSA) is 99.1 Å². The molecule has 0 saturated heterocycles. The van der Waals surface area contributed by atoms with Gasteiger partial charge in [-0.2, -0.15) is 0 Å². The van der Waals surface area contributed by atoms with E-state index < -0.39 is 0 Å². The number of phenolic OH excluding ortho intramolecular Hbond substituents is 1. The Morgan fingerprint density at radius 3 is 1.93 bits per heavy atom. The van der Waals surface area contributed by atoms with E-state index in [1.165, 1.54) is 18.7 Å². The van der Waals surface area contributed by atoms with E-state index in [4.69, 9.17) is 23.9 Å². The summed E-state index contributed by atoms with van der Waals surface area (Å²) in [6.45, 7) is 15.3. The molecule has 8 heteroatoms. The van der Waals surface area contributed by atoms with Gasteiger partial charge >= 0.3 is 0 Å². The van der Waals surface area contributed by atoms with Crippen molar-refractivity contribution in [3.05, 3.63) is 114 Å². The van der Waals surface area contributed by atoms with Crippen LogP contribution in [0.5, 0.6) is 34.5 Å². The van der Waals surface area contributed by atoms with Crippen molar-refractivity contribution in [1.29, 1.82) is 0 Å². The van der Waals surface area contributed by atoms with Gasteiger partial charge in [0.05, 0.1) is 38.3 Å². The number of nitrogens with zero attached hydrogens (tertiary/aromatic N) is 1. The summed E-state index contributed by atoms with van der Waals surface area (Å²) in [5, 5.41) is 16.2. The normalized spacial score (nSPS) is 12.0. The van der Waals surface area contributed by atoms with Gasteiger partial charge in [0.2, 0.25) is 0 Å². The zero-order chi connectivity index (χ0) is 39.7. The summed E-state index contributed by atoms with van der Waals surface area (Å²) < 4.78 is 23.2. The minimum atomic E-state index is -0.139. The lowest BCUT2D eigenvalue weighted by Crippen LogP contribution is -2.24. The second kappa shape index (κ2) is 15.4. The minimum absolute atomic E-state index is 0.0315. The zero-order valence-corrected chi connectivity index (χ0v) is 33.4. The minimum Gasteiger partial charge on any atom is -0.507 e. The fourth-order valence-electron chi connectivity index (χ4n) is 7.71. The Bertz CT molecular complexity index is 2360. The smallest absolute Gasteiger partial charge is 0.196 e. The van der Waals surface area contributed by atoms with Gasteiger partial charge in [-0.25, -0.2) is 0 Å². The molecule has 1 heterocycles. The van der Waals surface area contributed by atoms with E-state index in [2.05, 4.69) is 52.1 Å². The molecule has 284 valence electrons. The third kappa shape index (κ3) is 7.54. The molecule has 0 atom stereocenters. The van der Waals surface area contributed by atoms with Crippen LogP contribution in [0.25, 0.3) is 33.2 Å². The third-order valence-electron chi connectivity index (χ3n) is 9.77. The van der Waals surface area contributed by atoms with E-state index in [0.29, 0.717) is 78.7 Å². The van der Waals surface area contributed by atoms with Crippen LogP contribution in [0.4, 0.5) is 11.4 Å². The van der Waals surface area contributed by atoms with Crippen LogP contribution in [0.3, 0.4) is 0 Å². The number of benzene rings is 5. The summed E-state index contributed by atoms with van der Waals surface area (Å²) >= 11 is 0. The molecular weight excluding hydrogens is 689 g/mol. The van der Waals surface area contributed by atoms with Crippen LogP contribution in [-0.4, -0.2) is 37.2 Å². The quantitative estimate of drug-likeness (QED) is 0.143. The predicted molar refractivity (Wildman–Crippen MR) is 222 cm³/mol. The van der Waals surface area contributed by atoms with E-state index in [1.54, 1.807) is 26.5 Å². The van der Waals surface area contributed by atoms with Gasteiger partial charge in [-0.1, -0.05) is 84.9 Å². The van der Waals surface area contributed by atoms with Crippen molar-refractivity contribution in [2.45, 2.75) is 60.3 Å². The van der Waals surface area contributed by atoms with E-state index in [0.717, 1.165) is 12.1 Å². The number of fused-ring (bicyclic) bond motifs is 2. The highest BCUT2D eigenvalue weighted by atomic mass is 16.5. The van der Waals surface area contributed by atoms with E-state index in [9.17, 15) is 9.90 Å². The fraction of sp³-hybridized carbons (Fsp3) is 0.277. The lowest BCUT2D eigenvalue weighted by molar-refractivity contribution is 0.104. The number of rotatable bonds is 10. The summed E-state index contributed by atoms with van der Waals surface area (Å²) in [6.07, 6.45) is 2.73. The summed E-state index contributed by atoms with van der Waals surface area (Å²) in [5.41, 5.74) is 5.99.